The van der Waals surface area contributed by atoms with Gasteiger partial charge in [-0.1, -0.05) is 38.1 Å². The molecule has 2 aromatic rings. The van der Waals surface area contributed by atoms with Crippen molar-refractivity contribution in [2.45, 2.75) is 19.3 Å². The van der Waals surface area contributed by atoms with Gasteiger partial charge in [0, 0.05) is 16.5 Å². The molecule has 0 radical (unpaired) electrons. The van der Waals surface area contributed by atoms with Crippen LogP contribution in [0, 0.1) is 0 Å². The molecule has 0 aliphatic rings. The summed E-state index contributed by atoms with van der Waals surface area (Å²) in [6.07, 6.45) is 0. The topological polar surface area (TPSA) is 33.1 Å². The van der Waals surface area contributed by atoms with Gasteiger partial charge >= 0.3 is 0 Å². The van der Waals surface area contributed by atoms with E-state index in [1.54, 1.807) is 0 Å². The molecule has 0 spiro atoms. The Morgan fingerprint density at radius 1 is 1.13 bits per heavy atom. The molecule has 0 bridgehead atoms. The van der Waals surface area contributed by atoms with Crippen molar-refractivity contribution >= 4 is 10.9 Å². The van der Waals surface area contributed by atoms with Crippen LogP contribution >= 0.6 is 0 Å². The van der Waals surface area contributed by atoms with E-state index < -0.39 is 0 Å². The van der Waals surface area contributed by atoms with Crippen molar-refractivity contribution in [1.82, 2.24) is 4.98 Å². The number of hydrogen-bond acceptors (Lipinski definition) is 2. The molecular formula is C13H15NO. The number of aromatic nitrogens is 1. The smallest absolute Gasteiger partial charge is 0.0705 e. The van der Waals surface area contributed by atoms with Gasteiger partial charge in [-0.05, 0) is 12.1 Å². The highest BCUT2D eigenvalue weighted by Crippen LogP contribution is 2.22. The summed E-state index contributed by atoms with van der Waals surface area (Å²) in [6.45, 7) is 4.09. The fourth-order valence-corrected chi connectivity index (χ4v) is 1.52. The highest BCUT2D eigenvalue weighted by molar-refractivity contribution is 5.78. The molecule has 78 valence electrons. The SMILES string of the molecule is CC(C)(CO)c1ccc2ccccc2n1. The summed E-state index contributed by atoms with van der Waals surface area (Å²) in [4.78, 5) is 4.56. The van der Waals surface area contributed by atoms with Crippen LogP contribution in [0.15, 0.2) is 36.4 Å². The summed E-state index contributed by atoms with van der Waals surface area (Å²) in [5.74, 6) is 0. The Labute approximate surface area is 89.6 Å². The molecule has 2 nitrogen and oxygen atoms in total. The van der Waals surface area contributed by atoms with Crippen LogP contribution in [0.25, 0.3) is 10.9 Å². The molecule has 0 fully saturated rings. The second kappa shape index (κ2) is 3.63. The van der Waals surface area contributed by atoms with Crippen molar-refractivity contribution in [2.24, 2.45) is 0 Å². The lowest BCUT2D eigenvalue weighted by Gasteiger charge is -2.21. The van der Waals surface area contributed by atoms with E-state index in [0.29, 0.717) is 0 Å². The van der Waals surface area contributed by atoms with Crippen LogP contribution in [0.2, 0.25) is 0 Å². The van der Waals surface area contributed by atoms with Gasteiger partial charge in [0.05, 0.1) is 12.1 Å². The zero-order valence-corrected chi connectivity index (χ0v) is 9.07. The highest BCUT2D eigenvalue weighted by atomic mass is 16.3. The van der Waals surface area contributed by atoms with Crippen LogP contribution in [0.3, 0.4) is 0 Å². The molecule has 0 unspecified atom stereocenters. The fourth-order valence-electron chi connectivity index (χ4n) is 1.52. The number of hydrogen-bond donors (Lipinski definition) is 1. The molecule has 0 amide bonds. The first-order valence-corrected chi connectivity index (χ1v) is 5.11. The number of para-hydroxylation sites is 1. The van der Waals surface area contributed by atoms with Crippen LogP contribution in [0.1, 0.15) is 19.5 Å². The standard InChI is InChI=1S/C13H15NO/c1-13(2,9-15)12-8-7-10-5-3-4-6-11(10)14-12/h3-8,15H,9H2,1-2H3. The molecule has 0 atom stereocenters. The minimum atomic E-state index is -0.274. The first kappa shape index (κ1) is 10.1. The Morgan fingerprint density at radius 3 is 2.60 bits per heavy atom. The van der Waals surface area contributed by atoms with Gasteiger partial charge in [-0.2, -0.15) is 0 Å². The van der Waals surface area contributed by atoms with Gasteiger partial charge in [0.25, 0.3) is 0 Å². The minimum absolute atomic E-state index is 0.109. The van der Waals surface area contributed by atoms with Crippen molar-refractivity contribution < 1.29 is 5.11 Å². The molecule has 2 heteroatoms. The Bertz CT molecular complexity index is 477. The second-order valence-electron chi connectivity index (χ2n) is 4.43. The molecule has 0 saturated heterocycles. The number of pyridine rings is 1. The predicted octanol–water partition coefficient (Wildman–Crippen LogP) is 2.50. The lowest BCUT2D eigenvalue weighted by molar-refractivity contribution is 0.215. The molecular weight excluding hydrogens is 186 g/mol. The van der Waals surface area contributed by atoms with Crippen LogP contribution < -0.4 is 0 Å². The summed E-state index contributed by atoms with van der Waals surface area (Å²) < 4.78 is 0. The molecule has 15 heavy (non-hydrogen) atoms. The number of aliphatic hydroxyl groups excluding tert-OH is 1. The normalized spacial score (nSPS) is 11.9. The quantitative estimate of drug-likeness (QED) is 0.809. The third kappa shape index (κ3) is 1.85. The van der Waals surface area contributed by atoms with Crippen LogP contribution in [0.4, 0.5) is 0 Å². The Morgan fingerprint density at radius 2 is 1.87 bits per heavy atom. The average Bonchev–Trinajstić information content (AvgIpc) is 2.28. The van der Waals surface area contributed by atoms with Crippen molar-refractivity contribution in [3.63, 3.8) is 0 Å². The third-order valence-corrected chi connectivity index (χ3v) is 2.69. The van der Waals surface area contributed by atoms with E-state index in [4.69, 9.17) is 0 Å². The largest absolute Gasteiger partial charge is 0.395 e. The van der Waals surface area contributed by atoms with E-state index in [1.165, 1.54) is 0 Å². The van der Waals surface area contributed by atoms with Crippen LogP contribution in [-0.2, 0) is 5.41 Å². The Kier molecular flexibility index (Phi) is 2.45. The monoisotopic (exact) mass is 201 g/mol. The van der Waals surface area contributed by atoms with E-state index in [9.17, 15) is 5.11 Å². The van der Waals surface area contributed by atoms with E-state index in [1.807, 2.05) is 44.2 Å². The van der Waals surface area contributed by atoms with Crippen molar-refractivity contribution in [2.75, 3.05) is 6.61 Å². The summed E-state index contributed by atoms with van der Waals surface area (Å²) in [7, 11) is 0. The summed E-state index contributed by atoms with van der Waals surface area (Å²) in [5, 5.41) is 10.4. The lowest BCUT2D eigenvalue weighted by atomic mass is 9.89. The first-order valence-electron chi connectivity index (χ1n) is 5.11. The first-order chi connectivity index (χ1) is 7.13. The van der Waals surface area contributed by atoms with Gasteiger partial charge in [-0.15, -0.1) is 0 Å². The number of nitrogens with zero attached hydrogens (tertiary/aromatic N) is 1. The Balaban J connectivity index is 2.56. The second-order valence-corrected chi connectivity index (χ2v) is 4.43. The van der Waals surface area contributed by atoms with Crippen molar-refractivity contribution in [1.29, 1.82) is 0 Å². The summed E-state index contributed by atoms with van der Waals surface area (Å²) in [5.41, 5.74) is 1.64. The van der Waals surface area contributed by atoms with Crippen molar-refractivity contribution in [3.8, 4) is 0 Å². The van der Waals surface area contributed by atoms with Crippen LogP contribution in [0.5, 0.6) is 0 Å². The van der Waals surface area contributed by atoms with Gasteiger partial charge in [0.1, 0.15) is 0 Å². The van der Waals surface area contributed by atoms with E-state index >= 15 is 0 Å². The van der Waals surface area contributed by atoms with Gasteiger partial charge in [-0.3, -0.25) is 4.98 Å². The van der Waals surface area contributed by atoms with Gasteiger partial charge in [0.15, 0.2) is 0 Å². The van der Waals surface area contributed by atoms with Gasteiger partial charge in [0.2, 0.25) is 0 Å². The summed E-state index contributed by atoms with van der Waals surface area (Å²) in [6, 6.07) is 12.0. The molecule has 1 N–H and O–H groups in total. The molecule has 0 aliphatic heterocycles. The number of benzene rings is 1. The van der Waals surface area contributed by atoms with Gasteiger partial charge in [-0.25, -0.2) is 0 Å². The van der Waals surface area contributed by atoms with E-state index in [2.05, 4.69) is 11.1 Å². The lowest BCUT2D eigenvalue weighted by Crippen LogP contribution is -2.23. The molecule has 2 rings (SSSR count). The molecule has 1 aromatic heterocycles. The number of rotatable bonds is 2. The van der Waals surface area contributed by atoms with Crippen LogP contribution in [-0.4, -0.2) is 16.7 Å². The zero-order valence-electron chi connectivity index (χ0n) is 9.07. The Hall–Kier alpha value is -1.41. The maximum Gasteiger partial charge on any atom is 0.0705 e. The third-order valence-electron chi connectivity index (χ3n) is 2.69. The zero-order chi connectivity index (χ0) is 10.9. The maximum absolute atomic E-state index is 9.28. The van der Waals surface area contributed by atoms with Crippen molar-refractivity contribution in [3.05, 3.63) is 42.1 Å². The van der Waals surface area contributed by atoms with E-state index in [0.717, 1.165) is 16.6 Å². The number of fused-ring (bicyclic) bond motifs is 1. The molecule has 0 aliphatic carbocycles. The van der Waals surface area contributed by atoms with E-state index in [-0.39, 0.29) is 12.0 Å². The maximum atomic E-state index is 9.28. The molecule has 0 saturated carbocycles. The molecule has 1 aromatic carbocycles. The summed E-state index contributed by atoms with van der Waals surface area (Å²) >= 11 is 0. The average molecular weight is 201 g/mol. The minimum Gasteiger partial charge on any atom is -0.395 e. The van der Waals surface area contributed by atoms with Gasteiger partial charge < -0.3 is 5.11 Å². The number of aliphatic hydroxyl groups is 1. The molecule has 1 heterocycles. The fraction of sp³-hybridized carbons (Fsp3) is 0.308. The highest BCUT2D eigenvalue weighted by Gasteiger charge is 2.20. The predicted molar refractivity (Wildman–Crippen MR) is 61.9 cm³/mol.